The van der Waals surface area contributed by atoms with E-state index in [0.29, 0.717) is 26.9 Å². The van der Waals surface area contributed by atoms with E-state index in [9.17, 15) is 14.9 Å². The van der Waals surface area contributed by atoms with Crippen molar-refractivity contribution in [3.63, 3.8) is 0 Å². The smallest absolute Gasteiger partial charge is 0.270 e. The van der Waals surface area contributed by atoms with Gasteiger partial charge in [-0.05, 0) is 34.1 Å². The van der Waals surface area contributed by atoms with Crippen molar-refractivity contribution in [2.75, 3.05) is 11.9 Å². The van der Waals surface area contributed by atoms with E-state index in [-0.39, 0.29) is 12.3 Å². The predicted octanol–water partition coefficient (Wildman–Crippen LogP) is 3.32. The maximum Gasteiger partial charge on any atom is 0.270 e. The summed E-state index contributed by atoms with van der Waals surface area (Å²) in [5, 5.41) is 14.0. The number of aromatic nitrogens is 2. The van der Waals surface area contributed by atoms with Crippen LogP contribution in [0.25, 0.3) is 10.9 Å². The fourth-order valence-electron chi connectivity index (χ4n) is 2.13. The van der Waals surface area contributed by atoms with Crippen LogP contribution in [0.15, 0.2) is 53.3 Å². The second-order valence-electron chi connectivity index (χ2n) is 4.95. The number of anilines is 1. The van der Waals surface area contributed by atoms with Crippen LogP contribution in [0.1, 0.15) is 0 Å². The van der Waals surface area contributed by atoms with Crippen LogP contribution in [0.5, 0.6) is 5.88 Å². The SMILES string of the molecule is O=C(COc1ncnc2ccccc12)Nc1ccc([N+](=O)[O-])cc1Br. The maximum absolute atomic E-state index is 12.1. The van der Waals surface area contributed by atoms with Gasteiger partial charge in [-0.3, -0.25) is 14.9 Å². The fourth-order valence-corrected chi connectivity index (χ4v) is 2.60. The number of halogens is 1. The lowest BCUT2D eigenvalue weighted by atomic mass is 10.2. The monoisotopic (exact) mass is 402 g/mol. The zero-order valence-corrected chi connectivity index (χ0v) is 14.3. The minimum Gasteiger partial charge on any atom is -0.467 e. The Kier molecular flexibility index (Phi) is 4.85. The lowest BCUT2D eigenvalue weighted by Crippen LogP contribution is -2.20. The van der Waals surface area contributed by atoms with Gasteiger partial charge in [-0.1, -0.05) is 12.1 Å². The number of amides is 1. The van der Waals surface area contributed by atoms with Gasteiger partial charge in [0.15, 0.2) is 6.61 Å². The van der Waals surface area contributed by atoms with E-state index >= 15 is 0 Å². The third-order valence-corrected chi connectivity index (χ3v) is 3.94. The van der Waals surface area contributed by atoms with Crippen molar-refractivity contribution in [1.82, 2.24) is 9.97 Å². The Labute approximate surface area is 150 Å². The molecule has 8 nitrogen and oxygen atoms in total. The van der Waals surface area contributed by atoms with Crippen LogP contribution in [0.3, 0.4) is 0 Å². The molecule has 0 saturated heterocycles. The molecule has 0 radical (unpaired) electrons. The zero-order valence-electron chi connectivity index (χ0n) is 12.7. The Balaban J connectivity index is 1.68. The summed E-state index contributed by atoms with van der Waals surface area (Å²) in [5.41, 5.74) is 1.05. The minimum absolute atomic E-state index is 0.0754. The molecule has 3 aromatic rings. The Morgan fingerprint density at radius 2 is 2.04 bits per heavy atom. The molecule has 3 rings (SSSR count). The average Bonchev–Trinajstić information content (AvgIpc) is 2.61. The van der Waals surface area contributed by atoms with Crippen LogP contribution in [0.4, 0.5) is 11.4 Å². The number of carbonyl (C=O) groups is 1. The Hall–Kier alpha value is -3.07. The summed E-state index contributed by atoms with van der Waals surface area (Å²) < 4.78 is 5.87. The number of nitrogens with one attached hydrogen (secondary N) is 1. The Morgan fingerprint density at radius 1 is 1.24 bits per heavy atom. The normalized spacial score (nSPS) is 10.4. The van der Waals surface area contributed by atoms with Crippen molar-refractivity contribution in [3.05, 3.63) is 63.4 Å². The first kappa shape index (κ1) is 16.8. The van der Waals surface area contributed by atoms with Crippen molar-refractivity contribution in [1.29, 1.82) is 0 Å². The van der Waals surface area contributed by atoms with Crippen molar-refractivity contribution < 1.29 is 14.5 Å². The number of non-ortho nitro benzene ring substituents is 1. The van der Waals surface area contributed by atoms with Crippen LogP contribution in [0, 0.1) is 10.1 Å². The molecule has 25 heavy (non-hydrogen) atoms. The molecule has 0 saturated carbocycles. The molecule has 0 spiro atoms. The van der Waals surface area contributed by atoms with Gasteiger partial charge in [0.2, 0.25) is 5.88 Å². The van der Waals surface area contributed by atoms with Gasteiger partial charge in [-0.2, -0.15) is 0 Å². The Bertz CT molecular complexity index is 959. The number of nitrogens with zero attached hydrogens (tertiary/aromatic N) is 3. The molecule has 0 unspecified atom stereocenters. The predicted molar refractivity (Wildman–Crippen MR) is 94.5 cm³/mol. The second kappa shape index (κ2) is 7.22. The van der Waals surface area contributed by atoms with Gasteiger partial charge in [-0.25, -0.2) is 9.97 Å². The van der Waals surface area contributed by atoms with Gasteiger partial charge in [0, 0.05) is 16.6 Å². The van der Waals surface area contributed by atoms with E-state index in [1.54, 1.807) is 6.07 Å². The molecular formula is C16H11BrN4O4. The molecule has 1 heterocycles. The van der Waals surface area contributed by atoms with Gasteiger partial charge >= 0.3 is 0 Å². The summed E-state index contributed by atoms with van der Waals surface area (Å²) >= 11 is 3.19. The molecule has 126 valence electrons. The van der Waals surface area contributed by atoms with Crippen LogP contribution in [0.2, 0.25) is 0 Å². The molecule has 0 bridgehead atoms. The van der Waals surface area contributed by atoms with E-state index in [4.69, 9.17) is 4.74 Å². The molecule has 0 aliphatic rings. The van der Waals surface area contributed by atoms with Gasteiger partial charge in [0.25, 0.3) is 11.6 Å². The van der Waals surface area contributed by atoms with Crippen LogP contribution in [-0.4, -0.2) is 27.4 Å². The highest BCUT2D eigenvalue weighted by Gasteiger charge is 2.12. The molecular weight excluding hydrogens is 392 g/mol. The third-order valence-electron chi connectivity index (χ3n) is 3.28. The van der Waals surface area contributed by atoms with Crippen molar-refractivity contribution in [3.8, 4) is 5.88 Å². The number of nitro groups is 1. The lowest BCUT2D eigenvalue weighted by Gasteiger charge is -2.09. The highest BCUT2D eigenvalue weighted by atomic mass is 79.9. The van der Waals surface area contributed by atoms with Gasteiger partial charge in [0.05, 0.1) is 21.5 Å². The molecule has 2 aromatic carbocycles. The Morgan fingerprint density at radius 3 is 2.80 bits per heavy atom. The number of benzene rings is 2. The number of nitro benzene ring substituents is 1. The van der Waals surface area contributed by atoms with Crippen LogP contribution >= 0.6 is 15.9 Å². The largest absolute Gasteiger partial charge is 0.467 e. The quantitative estimate of drug-likeness (QED) is 0.517. The topological polar surface area (TPSA) is 107 Å². The van der Waals surface area contributed by atoms with Gasteiger partial charge in [0.1, 0.15) is 6.33 Å². The number of rotatable bonds is 5. The van der Waals surface area contributed by atoms with E-state index in [2.05, 4.69) is 31.2 Å². The van der Waals surface area contributed by atoms with Crippen molar-refractivity contribution in [2.24, 2.45) is 0 Å². The van der Waals surface area contributed by atoms with E-state index < -0.39 is 10.8 Å². The molecule has 0 aliphatic heterocycles. The standard InChI is InChI=1S/C16H11BrN4O4/c17-12-7-10(21(23)24)5-6-14(12)20-15(22)8-25-16-11-3-1-2-4-13(11)18-9-19-16/h1-7,9H,8H2,(H,20,22). The molecule has 1 N–H and O–H groups in total. The van der Waals surface area contributed by atoms with Gasteiger partial charge in [-0.15, -0.1) is 0 Å². The van der Waals surface area contributed by atoms with Crippen LogP contribution < -0.4 is 10.1 Å². The van der Waals surface area contributed by atoms with Gasteiger partial charge < -0.3 is 10.1 Å². The first-order chi connectivity index (χ1) is 12.0. The van der Waals surface area contributed by atoms with Crippen LogP contribution in [-0.2, 0) is 4.79 Å². The van der Waals surface area contributed by atoms with E-state index in [1.165, 1.54) is 24.5 Å². The summed E-state index contributed by atoms with van der Waals surface area (Å²) in [7, 11) is 0. The summed E-state index contributed by atoms with van der Waals surface area (Å²) in [5.74, 6) is -0.110. The van der Waals surface area contributed by atoms with E-state index in [1.807, 2.05) is 18.2 Å². The molecule has 0 fully saturated rings. The summed E-state index contributed by atoms with van der Waals surface area (Å²) in [4.78, 5) is 30.4. The second-order valence-corrected chi connectivity index (χ2v) is 5.81. The molecule has 1 aromatic heterocycles. The summed E-state index contributed by atoms with van der Waals surface area (Å²) in [6, 6.07) is 11.4. The average molecular weight is 403 g/mol. The molecule has 0 atom stereocenters. The number of carbonyl (C=O) groups excluding carboxylic acids is 1. The first-order valence-corrected chi connectivity index (χ1v) is 7.90. The highest BCUT2D eigenvalue weighted by Crippen LogP contribution is 2.27. The lowest BCUT2D eigenvalue weighted by molar-refractivity contribution is -0.384. The summed E-state index contributed by atoms with van der Waals surface area (Å²) in [6.07, 6.45) is 1.36. The number of ether oxygens (including phenoxy) is 1. The van der Waals surface area contributed by atoms with Crippen molar-refractivity contribution >= 4 is 44.1 Å². The fraction of sp³-hybridized carbons (Fsp3) is 0.0625. The number of hydrogen-bond acceptors (Lipinski definition) is 6. The number of para-hydroxylation sites is 1. The maximum atomic E-state index is 12.1. The zero-order chi connectivity index (χ0) is 17.8. The van der Waals surface area contributed by atoms with Crippen molar-refractivity contribution in [2.45, 2.75) is 0 Å². The molecule has 0 aliphatic carbocycles. The first-order valence-electron chi connectivity index (χ1n) is 7.11. The minimum atomic E-state index is -0.514. The molecule has 1 amide bonds. The third kappa shape index (κ3) is 3.89. The number of hydrogen-bond donors (Lipinski definition) is 1. The molecule has 9 heteroatoms. The highest BCUT2D eigenvalue weighted by molar-refractivity contribution is 9.10. The van der Waals surface area contributed by atoms with E-state index in [0.717, 1.165) is 0 Å². The summed E-state index contributed by atoms with van der Waals surface area (Å²) in [6.45, 7) is -0.259. The number of fused-ring (bicyclic) bond motifs is 1.